The van der Waals surface area contributed by atoms with Crippen molar-refractivity contribution in [2.45, 2.75) is 25.4 Å². The topological polar surface area (TPSA) is 63.0 Å². The van der Waals surface area contributed by atoms with Crippen LogP contribution in [-0.2, 0) is 24.0 Å². The number of hydrogen-bond acceptors (Lipinski definition) is 6. The predicted octanol–water partition coefficient (Wildman–Crippen LogP) is 3.26. The van der Waals surface area contributed by atoms with Gasteiger partial charge in [-0.2, -0.15) is 13.2 Å². The predicted molar refractivity (Wildman–Crippen MR) is 126 cm³/mol. The van der Waals surface area contributed by atoms with Gasteiger partial charge in [-0.15, -0.1) is 0 Å². The number of halogens is 3. The highest BCUT2D eigenvalue weighted by Gasteiger charge is 2.38. The van der Waals surface area contributed by atoms with Gasteiger partial charge in [-0.05, 0) is 36.9 Å². The summed E-state index contributed by atoms with van der Waals surface area (Å²) in [5.41, 5.74) is 1.63. The van der Waals surface area contributed by atoms with Gasteiger partial charge in [-0.3, -0.25) is 9.80 Å². The summed E-state index contributed by atoms with van der Waals surface area (Å²) in [5, 5.41) is 10.6. The number of aromatic nitrogens is 2. The Kier molecular flexibility index (Phi) is 8.27. The minimum absolute atomic E-state index is 0.199. The molecule has 0 aliphatic carbocycles. The van der Waals surface area contributed by atoms with E-state index in [-0.39, 0.29) is 18.6 Å². The van der Waals surface area contributed by atoms with Crippen molar-refractivity contribution >= 4 is 11.0 Å². The lowest BCUT2D eigenvalue weighted by Crippen LogP contribution is -2.38. The molecule has 7 nitrogen and oxygen atoms in total. The second-order valence-corrected chi connectivity index (χ2v) is 8.83. The van der Waals surface area contributed by atoms with Crippen molar-refractivity contribution < 1.29 is 27.8 Å². The van der Waals surface area contributed by atoms with Gasteiger partial charge in [0.1, 0.15) is 12.4 Å². The van der Waals surface area contributed by atoms with Crippen molar-refractivity contribution in [1.29, 1.82) is 0 Å². The highest BCUT2D eigenvalue weighted by molar-refractivity contribution is 5.76. The van der Waals surface area contributed by atoms with Gasteiger partial charge in [0.05, 0.1) is 36.9 Å². The Balaban J connectivity index is 1.28. The molecule has 1 N–H and O–H groups in total. The molecule has 4 rings (SSSR count). The molecule has 1 fully saturated rings. The Hall–Kier alpha value is -2.66. The van der Waals surface area contributed by atoms with Gasteiger partial charge < -0.3 is 19.1 Å². The van der Waals surface area contributed by atoms with Crippen molar-refractivity contribution in [2.24, 2.45) is 0 Å². The average Bonchev–Trinajstić information content (AvgIpc) is 3.20. The number of hydrogen-bond donors (Lipinski definition) is 1. The molecule has 0 saturated carbocycles. The number of nitrogens with zero attached hydrogens (tertiary/aromatic N) is 4. The number of ether oxygens (including phenoxy) is 2. The second kappa shape index (κ2) is 11.4. The van der Waals surface area contributed by atoms with Crippen LogP contribution in [0.2, 0.25) is 0 Å². The normalized spacial score (nSPS) is 16.2. The average molecular weight is 493 g/mol. The van der Waals surface area contributed by atoms with E-state index in [9.17, 15) is 18.3 Å². The molecule has 190 valence electrons. The minimum Gasteiger partial charge on any atom is -0.492 e. The maximum atomic E-state index is 13.5. The molecule has 0 spiro atoms. The van der Waals surface area contributed by atoms with Crippen LogP contribution in [0.5, 0.6) is 5.75 Å². The highest BCUT2D eigenvalue weighted by atomic mass is 19.4. The molecule has 3 aromatic rings. The number of fused-ring (bicyclic) bond motifs is 1. The number of rotatable bonds is 10. The van der Waals surface area contributed by atoms with E-state index in [1.807, 2.05) is 36.2 Å². The van der Waals surface area contributed by atoms with E-state index in [1.165, 1.54) is 6.07 Å². The molecule has 0 bridgehead atoms. The van der Waals surface area contributed by atoms with Gasteiger partial charge in [-0.1, -0.05) is 24.3 Å². The van der Waals surface area contributed by atoms with Crippen LogP contribution in [0.25, 0.3) is 11.0 Å². The standard InChI is InChI=1S/C25H31F3N4O3/c1-30(16-19-6-8-21(9-7-19)35-15-12-31-10-13-34-14-11-31)17-20(33)18-32-23-5-3-2-4-22(23)29-24(32)25(26,27)28/h2-9,20,33H,10-18H2,1H3/t20-/m0/s1. The van der Waals surface area contributed by atoms with Crippen molar-refractivity contribution in [1.82, 2.24) is 19.4 Å². The number of aliphatic hydroxyl groups excluding tert-OH is 1. The number of aliphatic hydroxyl groups is 1. The van der Waals surface area contributed by atoms with E-state index in [2.05, 4.69) is 9.88 Å². The van der Waals surface area contributed by atoms with Crippen LogP contribution in [0, 0.1) is 0 Å². The molecule has 1 atom stereocenters. The Bertz CT molecular complexity index is 1080. The fourth-order valence-corrected chi connectivity index (χ4v) is 4.29. The first-order chi connectivity index (χ1) is 16.8. The molecule has 1 saturated heterocycles. The van der Waals surface area contributed by atoms with Crippen LogP contribution in [0.15, 0.2) is 48.5 Å². The third-order valence-electron chi connectivity index (χ3n) is 5.98. The summed E-state index contributed by atoms with van der Waals surface area (Å²) in [4.78, 5) is 7.92. The Morgan fingerprint density at radius 1 is 1.11 bits per heavy atom. The molecule has 35 heavy (non-hydrogen) atoms. The molecule has 1 aromatic heterocycles. The fraction of sp³-hybridized carbons (Fsp3) is 0.480. The molecule has 10 heteroatoms. The van der Waals surface area contributed by atoms with Crippen LogP contribution in [0.4, 0.5) is 13.2 Å². The highest BCUT2D eigenvalue weighted by Crippen LogP contribution is 2.31. The molecule has 2 heterocycles. The first-order valence-electron chi connectivity index (χ1n) is 11.7. The summed E-state index contributed by atoms with van der Waals surface area (Å²) in [5.74, 6) is -0.207. The zero-order valence-corrected chi connectivity index (χ0v) is 19.7. The van der Waals surface area contributed by atoms with E-state index in [4.69, 9.17) is 9.47 Å². The maximum Gasteiger partial charge on any atom is 0.449 e. The van der Waals surface area contributed by atoms with Crippen LogP contribution < -0.4 is 4.74 Å². The lowest BCUT2D eigenvalue weighted by molar-refractivity contribution is -0.147. The van der Waals surface area contributed by atoms with E-state index >= 15 is 0 Å². The van der Waals surface area contributed by atoms with Crippen LogP contribution in [0.1, 0.15) is 11.4 Å². The third kappa shape index (κ3) is 6.94. The number of imidazole rings is 1. The summed E-state index contributed by atoms with van der Waals surface area (Å²) in [7, 11) is 1.83. The smallest absolute Gasteiger partial charge is 0.449 e. The minimum atomic E-state index is -4.60. The van der Waals surface area contributed by atoms with Crippen LogP contribution in [-0.4, -0.2) is 83.6 Å². The van der Waals surface area contributed by atoms with Crippen LogP contribution >= 0.6 is 0 Å². The Labute approximate surface area is 202 Å². The number of benzene rings is 2. The number of alkyl halides is 3. The largest absolute Gasteiger partial charge is 0.492 e. The van der Waals surface area contributed by atoms with E-state index in [0.29, 0.717) is 18.7 Å². The summed E-state index contributed by atoms with van der Waals surface area (Å²) in [6.45, 7) is 5.39. The van der Waals surface area contributed by atoms with E-state index in [1.54, 1.807) is 18.2 Å². The van der Waals surface area contributed by atoms with Crippen molar-refractivity contribution in [3.63, 3.8) is 0 Å². The lowest BCUT2D eigenvalue weighted by Gasteiger charge is -2.26. The Morgan fingerprint density at radius 3 is 2.54 bits per heavy atom. The number of morpholine rings is 1. The van der Waals surface area contributed by atoms with Gasteiger partial charge in [0.15, 0.2) is 0 Å². The van der Waals surface area contributed by atoms with E-state index < -0.39 is 18.1 Å². The Morgan fingerprint density at radius 2 is 1.83 bits per heavy atom. The van der Waals surface area contributed by atoms with Crippen LogP contribution in [0.3, 0.4) is 0 Å². The zero-order valence-electron chi connectivity index (χ0n) is 19.7. The monoisotopic (exact) mass is 492 g/mol. The van der Waals surface area contributed by atoms with Gasteiger partial charge >= 0.3 is 6.18 Å². The molecule has 1 aliphatic heterocycles. The third-order valence-corrected chi connectivity index (χ3v) is 5.98. The fourth-order valence-electron chi connectivity index (χ4n) is 4.29. The zero-order chi connectivity index (χ0) is 24.8. The molecule has 0 amide bonds. The summed E-state index contributed by atoms with van der Waals surface area (Å²) in [6.07, 6.45) is -5.60. The van der Waals surface area contributed by atoms with Gasteiger partial charge in [-0.25, -0.2) is 4.98 Å². The first kappa shape index (κ1) is 25.4. The molecule has 1 aliphatic rings. The van der Waals surface area contributed by atoms with Crippen molar-refractivity contribution in [3.05, 3.63) is 59.9 Å². The second-order valence-electron chi connectivity index (χ2n) is 8.83. The molecule has 0 radical (unpaired) electrons. The van der Waals surface area contributed by atoms with Gasteiger partial charge in [0.25, 0.3) is 0 Å². The molecule has 0 unspecified atom stereocenters. The van der Waals surface area contributed by atoms with E-state index in [0.717, 1.165) is 48.7 Å². The molecular formula is C25H31F3N4O3. The van der Waals surface area contributed by atoms with Gasteiger partial charge in [0.2, 0.25) is 5.82 Å². The SMILES string of the molecule is CN(Cc1ccc(OCCN2CCOCC2)cc1)C[C@H](O)Cn1c(C(F)(F)F)nc2ccccc21. The molecular weight excluding hydrogens is 461 g/mol. The van der Waals surface area contributed by atoms with Crippen molar-refractivity contribution in [3.8, 4) is 5.75 Å². The first-order valence-corrected chi connectivity index (χ1v) is 11.7. The summed E-state index contributed by atoms with van der Waals surface area (Å²) < 4.78 is 52.7. The lowest BCUT2D eigenvalue weighted by atomic mass is 10.2. The maximum absolute atomic E-state index is 13.5. The summed E-state index contributed by atoms with van der Waals surface area (Å²) >= 11 is 0. The number of para-hydroxylation sites is 2. The van der Waals surface area contributed by atoms with Crippen molar-refractivity contribution in [2.75, 3.05) is 53.0 Å². The quantitative estimate of drug-likeness (QED) is 0.469. The summed E-state index contributed by atoms with van der Waals surface area (Å²) in [6, 6.07) is 14.2. The van der Waals surface area contributed by atoms with Gasteiger partial charge in [0, 0.05) is 32.7 Å². The molecule has 2 aromatic carbocycles. The number of likely N-dealkylation sites (N-methyl/N-ethyl adjacent to an activating group) is 1.